The quantitative estimate of drug-likeness (QED) is 0.567. The molecule has 1 aromatic carbocycles. The molecule has 0 saturated heterocycles. The molecule has 0 aliphatic carbocycles. The van der Waals surface area contributed by atoms with Gasteiger partial charge in [0.05, 0.1) is 7.11 Å². The molecule has 76 valence electrons. The maximum Gasteiger partial charge on any atom is 0.358 e. The van der Waals surface area contributed by atoms with Gasteiger partial charge in [-0.05, 0) is 0 Å². The van der Waals surface area contributed by atoms with E-state index in [2.05, 4.69) is 4.74 Å². The van der Waals surface area contributed by atoms with Crippen molar-refractivity contribution in [2.24, 2.45) is 5.73 Å². The van der Waals surface area contributed by atoms with Gasteiger partial charge in [0.15, 0.2) is 0 Å². The van der Waals surface area contributed by atoms with Gasteiger partial charge >= 0.3 is 5.97 Å². The molecule has 4 nitrogen and oxygen atoms in total. The Bertz CT molecular complexity index is 312. The van der Waals surface area contributed by atoms with Gasteiger partial charge in [0.1, 0.15) is 0 Å². The molecule has 1 rings (SSSR count). The second-order valence-corrected chi connectivity index (χ2v) is 2.80. The largest absolute Gasteiger partial charge is 0.466 e. The Morgan fingerprint density at radius 1 is 1.29 bits per heavy atom. The summed E-state index contributed by atoms with van der Waals surface area (Å²) in [5, 5.41) is 0. The number of rotatable bonds is 3. The third-order valence-corrected chi connectivity index (χ3v) is 2.01. The molecule has 0 heterocycles. The molecule has 0 aromatic heterocycles. The van der Waals surface area contributed by atoms with Crippen molar-refractivity contribution in [2.75, 3.05) is 14.2 Å². The summed E-state index contributed by atoms with van der Waals surface area (Å²) in [6, 6.07) is 8.80. The first-order chi connectivity index (χ1) is 6.65. The number of hydrogen-bond acceptors (Lipinski definition) is 4. The Balaban J connectivity index is 3.08. The van der Waals surface area contributed by atoms with Crippen LogP contribution < -0.4 is 5.73 Å². The molecule has 0 aliphatic rings. The Morgan fingerprint density at radius 3 is 2.29 bits per heavy atom. The minimum atomic E-state index is -1.52. The average Bonchev–Trinajstić information content (AvgIpc) is 2.28. The maximum absolute atomic E-state index is 11.4. The zero-order valence-corrected chi connectivity index (χ0v) is 8.19. The molecular formula is C10H13NO3. The molecule has 0 bridgehead atoms. The van der Waals surface area contributed by atoms with E-state index in [1.165, 1.54) is 14.2 Å². The second kappa shape index (κ2) is 4.21. The smallest absolute Gasteiger partial charge is 0.358 e. The van der Waals surface area contributed by atoms with E-state index in [9.17, 15) is 4.79 Å². The van der Waals surface area contributed by atoms with Crippen LogP contribution in [0.3, 0.4) is 0 Å². The summed E-state index contributed by atoms with van der Waals surface area (Å²) < 4.78 is 9.55. The van der Waals surface area contributed by atoms with Crippen LogP contribution in [0.25, 0.3) is 0 Å². The number of nitrogens with two attached hydrogens (primary N) is 1. The van der Waals surface area contributed by atoms with Crippen LogP contribution in [0.2, 0.25) is 0 Å². The maximum atomic E-state index is 11.4. The second-order valence-electron chi connectivity index (χ2n) is 2.80. The van der Waals surface area contributed by atoms with Crippen molar-refractivity contribution in [1.29, 1.82) is 0 Å². The summed E-state index contributed by atoms with van der Waals surface area (Å²) in [5.74, 6) is -0.619. The summed E-state index contributed by atoms with van der Waals surface area (Å²) in [5.41, 5.74) is 4.82. The van der Waals surface area contributed by atoms with Gasteiger partial charge in [0.25, 0.3) is 0 Å². The molecule has 0 radical (unpaired) electrons. The SMILES string of the molecule is COC(=O)C(N)(OC)c1ccccc1. The number of carbonyl (C=O) groups is 1. The molecule has 1 aromatic rings. The van der Waals surface area contributed by atoms with Gasteiger partial charge < -0.3 is 9.47 Å². The van der Waals surface area contributed by atoms with Gasteiger partial charge in [-0.15, -0.1) is 0 Å². The Kier molecular flexibility index (Phi) is 3.22. The summed E-state index contributed by atoms with van der Waals surface area (Å²) in [6.45, 7) is 0. The molecule has 0 amide bonds. The summed E-state index contributed by atoms with van der Waals surface area (Å²) in [7, 11) is 2.63. The van der Waals surface area contributed by atoms with E-state index in [0.29, 0.717) is 5.56 Å². The van der Waals surface area contributed by atoms with Crippen molar-refractivity contribution < 1.29 is 14.3 Å². The van der Waals surface area contributed by atoms with Crippen molar-refractivity contribution in [3.63, 3.8) is 0 Å². The van der Waals surface area contributed by atoms with Gasteiger partial charge in [-0.2, -0.15) is 0 Å². The van der Waals surface area contributed by atoms with E-state index in [4.69, 9.17) is 10.5 Å². The summed E-state index contributed by atoms with van der Waals surface area (Å²) in [6.07, 6.45) is 0. The van der Waals surface area contributed by atoms with Crippen molar-refractivity contribution >= 4 is 5.97 Å². The number of methoxy groups -OCH3 is 2. The molecular weight excluding hydrogens is 182 g/mol. The number of ether oxygens (including phenoxy) is 2. The van der Waals surface area contributed by atoms with E-state index < -0.39 is 11.7 Å². The standard InChI is InChI=1S/C10H13NO3/c1-13-9(12)10(11,14-2)8-6-4-3-5-7-8/h3-7H,11H2,1-2H3. The molecule has 14 heavy (non-hydrogen) atoms. The van der Waals surface area contributed by atoms with Crippen LogP contribution in [0.1, 0.15) is 5.56 Å². The average molecular weight is 195 g/mol. The van der Waals surface area contributed by atoms with Gasteiger partial charge in [-0.1, -0.05) is 30.3 Å². The predicted octanol–water partition coefficient (Wildman–Crippen LogP) is 0.617. The van der Waals surface area contributed by atoms with Crippen molar-refractivity contribution in [2.45, 2.75) is 5.72 Å². The van der Waals surface area contributed by atoms with Crippen LogP contribution in [0, 0.1) is 0 Å². The molecule has 0 spiro atoms. The fourth-order valence-corrected chi connectivity index (χ4v) is 1.16. The van der Waals surface area contributed by atoms with E-state index in [1.54, 1.807) is 24.3 Å². The number of hydrogen-bond donors (Lipinski definition) is 1. The van der Waals surface area contributed by atoms with Crippen molar-refractivity contribution in [3.8, 4) is 0 Å². The first-order valence-electron chi connectivity index (χ1n) is 4.13. The van der Waals surface area contributed by atoms with Crippen LogP contribution in [0.4, 0.5) is 0 Å². The Hall–Kier alpha value is -1.39. The molecule has 0 fully saturated rings. The van der Waals surface area contributed by atoms with Crippen molar-refractivity contribution in [1.82, 2.24) is 0 Å². The van der Waals surface area contributed by atoms with E-state index in [0.717, 1.165) is 0 Å². The van der Waals surface area contributed by atoms with Gasteiger partial charge in [-0.3, -0.25) is 5.73 Å². The highest BCUT2D eigenvalue weighted by Gasteiger charge is 2.37. The lowest BCUT2D eigenvalue weighted by Crippen LogP contribution is -2.47. The third-order valence-electron chi connectivity index (χ3n) is 2.01. The zero-order chi connectivity index (χ0) is 10.6. The minimum absolute atomic E-state index is 0.564. The molecule has 4 heteroatoms. The highest BCUT2D eigenvalue weighted by atomic mass is 16.6. The van der Waals surface area contributed by atoms with Crippen LogP contribution in [0.5, 0.6) is 0 Å². The van der Waals surface area contributed by atoms with E-state index >= 15 is 0 Å². The van der Waals surface area contributed by atoms with E-state index in [1.807, 2.05) is 6.07 Å². The highest BCUT2D eigenvalue weighted by molar-refractivity contribution is 5.80. The number of esters is 1. The van der Waals surface area contributed by atoms with Gasteiger partial charge in [-0.25, -0.2) is 4.79 Å². The molecule has 1 atom stereocenters. The monoisotopic (exact) mass is 195 g/mol. The fourth-order valence-electron chi connectivity index (χ4n) is 1.16. The van der Waals surface area contributed by atoms with Crippen LogP contribution in [0.15, 0.2) is 30.3 Å². The Labute approximate surface area is 82.6 Å². The normalized spacial score (nSPS) is 14.5. The lowest BCUT2D eigenvalue weighted by molar-refractivity contribution is -0.167. The predicted molar refractivity (Wildman–Crippen MR) is 51.3 cm³/mol. The fraction of sp³-hybridized carbons (Fsp3) is 0.300. The molecule has 0 aliphatic heterocycles. The first kappa shape index (κ1) is 10.7. The van der Waals surface area contributed by atoms with Gasteiger partial charge in [0.2, 0.25) is 5.72 Å². The van der Waals surface area contributed by atoms with Crippen LogP contribution in [-0.4, -0.2) is 20.2 Å². The van der Waals surface area contributed by atoms with E-state index in [-0.39, 0.29) is 0 Å². The third kappa shape index (κ3) is 1.76. The lowest BCUT2D eigenvalue weighted by Gasteiger charge is -2.24. The number of benzene rings is 1. The zero-order valence-electron chi connectivity index (χ0n) is 8.19. The van der Waals surface area contributed by atoms with Crippen LogP contribution >= 0.6 is 0 Å². The van der Waals surface area contributed by atoms with Crippen molar-refractivity contribution in [3.05, 3.63) is 35.9 Å². The first-order valence-corrected chi connectivity index (χ1v) is 4.13. The minimum Gasteiger partial charge on any atom is -0.466 e. The van der Waals surface area contributed by atoms with Crippen LogP contribution in [-0.2, 0) is 20.0 Å². The molecule has 2 N–H and O–H groups in total. The summed E-state index contributed by atoms with van der Waals surface area (Å²) in [4.78, 5) is 11.4. The summed E-state index contributed by atoms with van der Waals surface area (Å²) >= 11 is 0. The Morgan fingerprint density at radius 2 is 1.86 bits per heavy atom. The van der Waals surface area contributed by atoms with Gasteiger partial charge in [0, 0.05) is 12.7 Å². The topological polar surface area (TPSA) is 61.5 Å². The lowest BCUT2D eigenvalue weighted by atomic mass is 10.0. The number of carbonyl (C=O) groups excluding carboxylic acids is 1. The molecule has 0 saturated carbocycles. The molecule has 1 unspecified atom stereocenters. The highest BCUT2D eigenvalue weighted by Crippen LogP contribution is 2.19.